The summed E-state index contributed by atoms with van der Waals surface area (Å²) in [6.07, 6.45) is 6.08. The second kappa shape index (κ2) is 9.55. The monoisotopic (exact) mass is 433 g/mol. The lowest BCUT2D eigenvalue weighted by atomic mass is 9.92. The molecule has 3 heterocycles. The molecule has 2 aliphatic rings. The van der Waals surface area contributed by atoms with Gasteiger partial charge < -0.3 is 15.0 Å². The molecule has 0 saturated carbocycles. The fourth-order valence-corrected chi connectivity index (χ4v) is 5.16. The van der Waals surface area contributed by atoms with Crippen molar-refractivity contribution in [3.8, 4) is 5.75 Å². The van der Waals surface area contributed by atoms with E-state index >= 15 is 0 Å². The van der Waals surface area contributed by atoms with E-state index in [0.29, 0.717) is 25.6 Å². The van der Waals surface area contributed by atoms with Crippen LogP contribution in [0, 0.1) is 0 Å². The van der Waals surface area contributed by atoms with Crippen LogP contribution in [0.25, 0.3) is 10.9 Å². The van der Waals surface area contributed by atoms with E-state index in [4.69, 9.17) is 4.74 Å². The molecule has 4 rings (SSSR count). The number of sulfonamides is 1. The Hall–Kier alpha value is -1.81. The van der Waals surface area contributed by atoms with E-state index in [1.807, 2.05) is 12.1 Å². The molecule has 0 atom stereocenters. The molecule has 2 aromatic rings. The minimum absolute atomic E-state index is 0.492. The third-order valence-corrected chi connectivity index (χ3v) is 7.36. The number of benzene rings is 1. The quantitative estimate of drug-likeness (QED) is 0.661. The maximum absolute atomic E-state index is 11.6. The molecule has 2 saturated heterocycles. The molecule has 0 radical (unpaired) electrons. The Kier molecular flexibility index (Phi) is 6.82. The first-order valence-corrected chi connectivity index (χ1v) is 12.6. The van der Waals surface area contributed by atoms with E-state index < -0.39 is 10.0 Å². The van der Waals surface area contributed by atoms with E-state index in [1.54, 1.807) is 10.6 Å². The highest BCUT2D eigenvalue weighted by atomic mass is 32.2. The summed E-state index contributed by atoms with van der Waals surface area (Å²) < 4.78 is 30.7. The molecule has 0 amide bonds. The van der Waals surface area contributed by atoms with Crippen molar-refractivity contribution >= 4 is 20.9 Å². The third-order valence-electron chi connectivity index (χ3n) is 6.05. The lowest BCUT2D eigenvalue weighted by molar-refractivity contribution is 0.175. The van der Waals surface area contributed by atoms with Crippen LogP contribution in [0.2, 0.25) is 0 Å². The Balaban J connectivity index is 1.28. The third kappa shape index (κ3) is 5.26. The number of aromatic nitrogens is 2. The van der Waals surface area contributed by atoms with Crippen molar-refractivity contribution in [1.29, 1.82) is 0 Å². The number of piperazine rings is 1. The minimum atomic E-state index is -3.07. The number of ether oxygens (including phenoxy) is 1. The van der Waals surface area contributed by atoms with E-state index in [1.165, 1.54) is 6.26 Å². The van der Waals surface area contributed by atoms with Gasteiger partial charge in [-0.2, -0.15) is 4.31 Å². The summed E-state index contributed by atoms with van der Waals surface area (Å²) in [7, 11) is -3.07. The Labute approximate surface area is 178 Å². The van der Waals surface area contributed by atoms with E-state index in [2.05, 4.69) is 26.3 Å². The standard InChI is InChI=1S/C21H31N5O3S/c1-30(27,28)26-12-10-25(11-13-26)9-2-14-29-18-3-4-19-20(15-18)23-16-24-21(19)17-5-7-22-8-6-17/h3-4,15-17,22H,2,5-14H2,1H3. The van der Waals surface area contributed by atoms with Crippen LogP contribution in [0.15, 0.2) is 24.5 Å². The zero-order valence-corrected chi connectivity index (χ0v) is 18.4. The Morgan fingerprint density at radius 1 is 1.13 bits per heavy atom. The Bertz CT molecular complexity index is 954. The first-order valence-electron chi connectivity index (χ1n) is 10.8. The first-order chi connectivity index (χ1) is 14.5. The number of nitrogens with zero attached hydrogens (tertiary/aromatic N) is 4. The SMILES string of the molecule is CS(=O)(=O)N1CCN(CCCOc2ccc3c(C4CCNCC4)ncnc3c2)CC1. The normalized spacial score (nSPS) is 19.9. The molecule has 2 aliphatic heterocycles. The van der Waals surface area contributed by atoms with Gasteiger partial charge in [-0.3, -0.25) is 0 Å². The number of hydrogen-bond donors (Lipinski definition) is 1. The van der Waals surface area contributed by atoms with Gasteiger partial charge in [-0.1, -0.05) is 0 Å². The molecule has 0 aliphatic carbocycles. The van der Waals surface area contributed by atoms with Gasteiger partial charge in [-0.25, -0.2) is 18.4 Å². The van der Waals surface area contributed by atoms with Crippen molar-refractivity contribution in [2.24, 2.45) is 0 Å². The van der Waals surface area contributed by atoms with Gasteiger partial charge in [0.05, 0.1) is 24.1 Å². The number of nitrogens with one attached hydrogen (secondary N) is 1. The van der Waals surface area contributed by atoms with Crippen molar-refractivity contribution in [2.75, 3.05) is 58.7 Å². The summed E-state index contributed by atoms with van der Waals surface area (Å²) in [5.41, 5.74) is 2.09. The van der Waals surface area contributed by atoms with Crippen LogP contribution in [0.4, 0.5) is 0 Å². The van der Waals surface area contributed by atoms with Crippen LogP contribution >= 0.6 is 0 Å². The average Bonchev–Trinajstić information content (AvgIpc) is 2.76. The van der Waals surface area contributed by atoms with E-state index in [9.17, 15) is 8.42 Å². The summed E-state index contributed by atoms with van der Waals surface area (Å²) in [5.74, 6) is 1.33. The van der Waals surface area contributed by atoms with E-state index in [-0.39, 0.29) is 0 Å². The number of fused-ring (bicyclic) bond motifs is 1. The fourth-order valence-electron chi connectivity index (χ4n) is 4.33. The van der Waals surface area contributed by atoms with Crippen molar-refractivity contribution in [1.82, 2.24) is 24.5 Å². The van der Waals surface area contributed by atoms with Crippen LogP contribution in [0.1, 0.15) is 30.9 Å². The van der Waals surface area contributed by atoms with Gasteiger partial charge in [0.25, 0.3) is 0 Å². The smallest absolute Gasteiger partial charge is 0.211 e. The maximum atomic E-state index is 11.6. The lowest BCUT2D eigenvalue weighted by Gasteiger charge is -2.33. The second-order valence-electron chi connectivity index (χ2n) is 8.17. The average molecular weight is 434 g/mol. The molecule has 0 spiro atoms. The number of piperidine rings is 1. The molecule has 2 fully saturated rings. The van der Waals surface area contributed by atoms with Crippen LogP contribution in [0.3, 0.4) is 0 Å². The van der Waals surface area contributed by atoms with Crippen molar-refractivity contribution in [2.45, 2.75) is 25.2 Å². The van der Waals surface area contributed by atoms with Crippen molar-refractivity contribution in [3.63, 3.8) is 0 Å². The maximum Gasteiger partial charge on any atom is 0.211 e. The topological polar surface area (TPSA) is 87.7 Å². The molecule has 1 aromatic carbocycles. The molecule has 9 heteroatoms. The predicted molar refractivity (Wildman–Crippen MR) is 117 cm³/mol. The van der Waals surface area contributed by atoms with Gasteiger partial charge in [0.2, 0.25) is 10.0 Å². The van der Waals surface area contributed by atoms with Crippen LogP contribution in [-0.4, -0.2) is 86.3 Å². The zero-order chi connectivity index (χ0) is 21.0. The fraction of sp³-hybridized carbons (Fsp3) is 0.619. The zero-order valence-electron chi connectivity index (χ0n) is 17.6. The van der Waals surface area contributed by atoms with Crippen molar-refractivity contribution < 1.29 is 13.2 Å². The van der Waals surface area contributed by atoms with Gasteiger partial charge >= 0.3 is 0 Å². The molecule has 1 aromatic heterocycles. The predicted octanol–water partition coefficient (Wildman–Crippen LogP) is 1.44. The second-order valence-corrected chi connectivity index (χ2v) is 10.2. The Morgan fingerprint density at radius 2 is 1.90 bits per heavy atom. The molecular weight excluding hydrogens is 402 g/mol. The molecule has 1 N–H and O–H groups in total. The van der Waals surface area contributed by atoms with Crippen LogP contribution in [0.5, 0.6) is 5.75 Å². The van der Waals surface area contributed by atoms with Crippen molar-refractivity contribution in [3.05, 3.63) is 30.2 Å². The molecule has 0 unspecified atom stereocenters. The molecule has 0 bridgehead atoms. The van der Waals surface area contributed by atoms with Gasteiger partial charge in [0.1, 0.15) is 12.1 Å². The minimum Gasteiger partial charge on any atom is -0.493 e. The summed E-state index contributed by atoms with van der Waals surface area (Å²) in [6, 6.07) is 6.11. The van der Waals surface area contributed by atoms with Crippen LogP contribution < -0.4 is 10.1 Å². The van der Waals surface area contributed by atoms with Gasteiger partial charge in [0, 0.05) is 50.1 Å². The lowest BCUT2D eigenvalue weighted by Crippen LogP contribution is -2.48. The van der Waals surface area contributed by atoms with Crippen LogP contribution in [-0.2, 0) is 10.0 Å². The van der Waals surface area contributed by atoms with E-state index in [0.717, 1.165) is 74.3 Å². The summed E-state index contributed by atoms with van der Waals surface area (Å²) in [5, 5.41) is 4.53. The first kappa shape index (κ1) is 21.4. The molecular formula is C21H31N5O3S. The molecule has 30 heavy (non-hydrogen) atoms. The summed E-state index contributed by atoms with van der Waals surface area (Å²) >= 11 is 0. The number of rotatable bonds is 7. The summed E-state index contributed by atoms with van der Waals surface area (Å²) in [6.45, 7) is 6.32. The van der Waals surface area contributed by atoms with Gasteiger partial charge in [-0.05, 0) is 44.5 Å². The largest absolute Gasteiger partial charge is 0.493 e. The van der Waals surface area contributed by atoms with Gasteiger partial charge in [-0.15, -0.1) is 0 Å². The molecule has 8 nitrogen and oxygen atoms in total. The highest BCUT2D eigenvalue weighted by Crippen LogP contribution is 2.30. The highest BCUT2D eigenvalue weighted by molar-refractivity contribution is 7.88. The molecule has 164 valence electrons. The van der Waals surface area contributed by atoms with Gasteiger partial charge in [0.15, 0.2) is 0 Å². The Morgan fingerprint density at radius 3 is 2.63 bits per heavy atom. The summed E-state index contributed by atoms with van der Waals surface area (Å²) in [4.78, 5) is 11.3. The highest BCUT2D eigenvalue weighted by Gasteiger charge is 2.23. The number of hydrogen-bond acceptors (Lipinski definition) is 7.